The molecule has 2 heterocycles. The highest BCUT2D eigenvalue weighted by atomic mass is 16.5. The van der Waals surface area contributed by atoms with E-state index in [1.807, 2.05) is 0 Å². The molecular weight excluding hydrogens is 274 g/mol. The maximum absolute atomic E-state index is 5.38. The molecule has 0 aliphatic carbocycles. The van der Waals surface area contributed by atoms with Crippen LogP contribution < -0.4 is 5.32 Å². The standard InChI is InChI=1S/C18H27N3O/c1-2-21-15-16(17-6-3-4-7-18(17)21)14-19-8-5-9-20-10-12-22-13-11-20/h3-4,6-7,15,19H,2,5,8-14H2,1H3. The Morgan fingerprint density at radius 2 is 2.00 bits per heavy atom. The van der Waals surface area contributed by atoms with Gasteiger partial charge in [-0.05, 0) is 38.1 Å². The lowest BCUT2D eigenvalue weighted by molar-refractivity contribution is 0.0374. The normalized spacial score (nSPS) is 16.4. The Balaban J connectivity index is 1.47. The molecule has 0 radical (unpaired) electrons. The molecule has 22 heavy (non-hydrogen) atoms. The number of aromatic nitrogens is 1. The minimum Gasteiger partial charge on any atom is -0.379 e. The maximum atomic E-state index is 5.38. The quantitative estimate of drug-likeness (QED) is 0.797. The average Bonchev–Trinajstić information content (AvgIpc) is 2.94. The lowest BCUT2D eigenvalue weighted by Crippen LogP contribution is -2.37. The summed E-state index contributed by atoms with van der Waals surface area (Å²) in [6.45, 7) is 10.4. The fourth-order valence-corrected chi connectivity index (χ4v) is 3.20. The van der Waals surface area contributed by atoms with Crippen LogP contribution in [0.3, 0.4) is 0 Å². The monoisotopic (exact) mass is 301 g/mol. The number of nitrogens with zero attached hydrogens (tertiary/aromatic N) is 2. The largest absolute Gasteiger partial charge is 0.379 e. The minimum absolute atomic E-state index is 0.893. The lowest BCUT2D eigenvalue weighted by atomic mass is 10.2. The first-order valence-corrected chi connectivity index (χ1v) is 8.46. The molecule has 0 spiro atoms. The lowest BCUT2D eigenvalue weighted by Gasteiger charge is -2.26. The molecule has 1 N–H and O–H groups in total. The van der Waals surface area contributed by atoms with E-state index in [0.717, 1.165) is 45.9 Å². The van der Waals surface area contributed by atoms with E-state index in [1.54, 1.807) is 0 Å². The van der Waals surface area contributed by atoms with Crippen molar-refractivity contribution in [3.05, 3.63) is 36.0 Å². The number of ether oxygens (including phenoxy) is 1. The molecule has 120 valence electrons. The highest BCUT2D eigenvalue weighted by Gasteiger charge is 2.09. The number of morpholine rings is 1. The van der Waals surface area contributed by atoms with Crippen molar-refractivity contribution in [1.82, 2.24) is 14.8 Å². The van der Waals surface area contributed by atoms with Crippen LogP contribution in [0.5, 0.6) is 0 Å². The van der Waals surface area contributed by atoms with Crippen LogP contribution in [-0.4, -0.2) is 48.9 Å². The van der Waals surface area contributed by atoms with Crippen molar-refractivity contribution in [2.75, 3.05) is 39.4 Å². The van der Waals surface area contributed by atoms with Gasteiger partial charge in [0.15, 0.2) is 0 Å². The Morgan fingerprint density at radius 1 is 1.18 bits per heavy atom. The molecule has 4 heteroatoms. The summed E-state index contributed by atoms with van der Waals surface area (Å²) in [5, 5.41) is 4.98. The van der Waals surface area contributed by atoms with Crippen LogP contribution in [0.4, 0.5) is 0 Å². The smallest absolute Gasteiger partial charge is 0.0594 e. The molecule has 1 aliphatic rings. The zero-order valence-electron chi connectivity index (χ0n) is 13.6. The molecular formula is C18H27N3O. The molecule has 0 saturated carbocycles. The predicted molar refractivity (Wildman–Crippen MR) is 91.2 cm³/mol. The van der Waals surface area contributed by atoms with Crippen molar-refractivity contribution in [2.24, 2.45) is 0 Å². The molecule has 1 aliphatic heterocycles. The minimum atomic E-state index is 0.893. The first-order chi connectivity index (χ1) is 10.9. The van der Waals surface area contributed by atoms with E-state index >= 15 is 0 Å². The van der Waals surface area contributed by atoms with Crippen LogP contribution in [0.1, 0.15) is 18.9 Å². The molecule has 1 saturated heterocycles. The van der Waals surface area contributed by atoms with Crippen molar-refractivity contribution in [3.8, 4) is 0 Å². The molecule has 0 bridgehead atoms. The van der Waals surface area contributed by atoms with E-state index in [4.69, 9.17) is 4.74 Å². The van der Waals surface area contributed by atoms with Crippen molar-refractivity contribution in [1.29, 1.82) is 0 Å². The molecule has 1 aromatic carbocycles. The van der Waals surface area contributed by atoms with Gasteiger partial charge in [-0.3, -0.25) is 4.90 Å². The predicted octanol–water partition coefficient (Wildman–Crippen LogP) is 2.47. The van der Waals surface area contributed by atoms with Crippen molar-refractivity contribution >= 4 is 10.9 Å². The van der Waals surface area contributed by atoms with E-state index in [9.17, 15) is 0 Å². The molecule has 2 aromatic rings. The van der Waals surface area contributed by atoms with Crippen molar-refractivity contribution in [2.45, 2.75) is 26.4 Å². The van der Waals surface area contributed by atoms with Crippen molar-refractivity contribution < 1.29 is 4.74 Å². The van der Waals surface area contributed by atoms with Gasteiger partial charge >= 0.3 is 0 Å². The Morgan fingerprint density at radius 3 is 2.82 bits per heavy atom. The molecule has 0 amide bonds. The highest BCUT2D eigenvalue weighted by Crippen LogP contribution is 2.21. The summed E-state index contributed by atoms with van der Waals surface area (Å²) in [5.41, 5.74) is 2.75. The van der Waals surface area contributed by atoms with Crippen LogP contribution in [0, 0.1) is 0 Å². The fraction of sp³-hybridized carbons (Fsp3) is 0.556. The van der Waals surface area contributed by atoms with Gasteiger partial charge < -0.3 is 14.6 Å². The first-order valence-electron chi connectivity index (χ1n) is 8.46. The highest BCUT2D eigenvalue weighted by molar-refractivity contribution is 5.83. The molecule has 0 unspecified atom stereocenters. The fourth-order valence-electron chi connectivity index (χ4n) is 3.20. The summed E-state index contributed by atoms with van der Waals surface area (Å²) in [6.07, 6.45) is 3.49. The summed E-state index contributed by atoms with van der Waals surface area (Å²) in [7, 11) is 0. The second kappa shape index (κ2) is 7.77. The zero-order valence-corrected chi connectivity index (χ0v) is 13.6. The second-order valence-electron chi connectivity index (χ2n) is 5.94. The van der Waals surface area contributed by atoms with Crippen molar-refractivity contribution in [3.63, 3.8) is 0 Å². The van der Waals surface area contributed by atoms with E-state index in [0.29, 0.717) is 0 Å². The second-order valence-corrected chi connectivity index (χ2v) is 5.94. The Labute approximate surface area is 133 Å². The summed E-state index contributed by atoms with van der Waals surface area (Å²) < 4.78 is 7.71. The summed E-state index contributed by atoms with van der Waals surface area (Å²) in [6, 6.07) is 8.69. The zero-order chi connectivity index (χ0) is 15.2. The first kappa shape index (κ1) is 15.5. The van der Waals surface area contributed by atoms with Crippen LogP contribution in [-0.2, 0) is 17.8 Å². The number of aryl methyl sites for hydroxylation is 1. The van der Waals surface area contributed by atoms with Gasteiger partial charge in [-0.2, -0.15) is 0 Å². The number of hydrogen-bond donors (Lipinski definition) is 1. The van der Waals surface area contributed by atoms with E-state index in [2.05, 4.69) is 52.2 Å². The van der Waals surface area contributed by atoms with Crippen LogP contribution in [0.15, 0.2) is 30.5 Å². The van der Waals surface area contributed by atoms with Gasteiger partial charge in [-0.1, -0.05) is 18.2 Å². The number of para-hydroxylation sites is 1. The van der Waals surface area contributed by atoms with Crippen LogP contribution in [0.25, 0.3) is 10.9 Å². The third-order valence-electron chi connectivity index (χ3n) is 4.46. The summed E-state index contributed by atoms with van der Waals surface area (Å²) in [5.74, 6) is 0. The van der Waals surface area contributed by atoms with Crippen LogP contribution in [0.2, 0.25) is 0 Å². The van der Waals surface area contributed by atoms with Gasteiger partial charge in [0.05, 0.1) is 13.2 Å². The van der Waals surface area contributed by atoms with Gasteiger partial charge in [0, 0.05) is 43.3 Å². The van der Waals surface area contributed by atoms with E-state index < -0.39 is 0 Å². The third-order valence-corrected chi connectivity index (χ3v) is 4.46. The van der Waals surface area contributed by atoms with Gasteiger partial charge in [-0.25, -0.2) is 0 Å². The SMILES string of the molecule is CCn1cc(CNCCCN2CCOCC2)c2ccccc21. The Bertz CT molecular complexity index is 587. The number of rotatable bonds is 7. The number of hydrogen-bond acceptors (Lipinski definition) is 3. The molecule has 4 nitrogen and oxygen atoms in total. The van der Waals surface area contributed by atoms with Crippen LogP contribution >= 0.6 is 0 Å². The number of nitrogens with one attached hydrogen (secondary N) is 1. The summed E-state index contributed by atoms with van der Waals surface area (Å²) in [4.78, 5) is 2.49. The molecule has 3 rings (SSSR count). The van der Waals surface area contributed by atoms with E-state index in [1.165, 1.54) is 29.4 Å². The van der Waals surface area contributed by atoms with Gasteiger partial charge in [0.1, 0.15) is 0 Å². The van der Waals surface area contributed by atoms with E-state index in [-0.39, 0.29) is 0 Å². The number of benzene rings is 1. The topological polar surface area (TPSA) is 29.4 Å². The van der Waals surface area contributed by atoms with Gasteiger partial charge in [0.25, 0.3) is 0 Å². The third kappa shape index (κ3) is 3.69. The maximum Gasteiger partial charge on any atom is 0.0594 e. The summed E-state index contributed by atoms with van der Waals surface area (Å²) >= 11 is 0. The molecule has 1 aromatic heterocycles. The Kier molecular flexibility index (Phi) is 5.48. The number of fused-ring (bicyclic) bond motifs is 1. The molecule has 1 fully saturated rings. The molecule has 0 atom stereocenters. The van der Waals surface area contributed by atoms with Gasteiger partial charge in [-0.15, -0.1) is 0 Å². The van der Waals surface area contributed by atoms with Gasteiger partial charge in [0.2, 0.25) is 0 Å². The average molecular weight is 301 g/mol. The Hall–Kier alpha value is -1.36.